The third-order valence-corrected chi connectivity index (χ3v) is 5.77. The minimum atomic E-state index is -3.59. The molecule has 1 aliphatic heterocycles. The normalized spacial score (nSPS) is 18.7. The van der Waals surface area contributed by atoms with Crippen molar-refractivity contribution in [3.05, 3.63) is 48.0 Å². The summed E-state index contributed by atoms with van der Waals surface area (Å²) in [5.41, 5.74) is 1.27. The average Bonchev–Trinajstić information content (AvgIpc) is 3.23. The average molecular weight is 368 g/mol. The van der Waals surface area contributed by atoms with E-state index in [1.54, 1.807) is 31.6 Å². The second-order valence-corrected chi connectivity index (χ2v) is 7.67. The molecule has 2 aromatic rings. The first kappa shape index (κ1) is 18.0. The molecule has 1 fully saturated rings. The molecule has 1 aromatic heterocycles. The summed E-state index contributed by atoms with van der Waals surface area (Å²) >= 11 is 0. The first-order valence-corrected chi connectivity index (χ1v) is 9.48. The van der Waals surface area contributed by atoms with Gasteiger partial charge in [0.05, 0.1) is 18.5 Å². The smallest absolute Gasteiger partial charge is 0.280 e. The Morgan fingerprint density at radius 2 is 2.28 bits per heavy atom. The Kier molecular flexibility index (Phi) is 5.48. The quantitative estimate of drug-likeness (QED) is 0.803. The summed E-state index contributed by atoms with van der Waals surface area (Å²) in [4.78, 5) is 0. The van der Waals surface area contributed by atoms with Crippen LogP contribution in [0.4, 0.5) is 4.39 Å². The lowest BCUT2D eigenvalue weighted by molar-refractivity contribution is 0.148. The second kappa shape index (κ2) is 7.61. The van der Waals surface area contributed by atoms with Crippen molar-refractivity contribution >= 4 is 10.2 Å². The van der Waals surface area contributed by atoms with Gasteiger partial charge >= 0.3 is 0 Å². The molecule has 7 nitrogen and oxygen atoms in total. The van der Waals surface area contributed by atoms with E-state index in [-0.39, 0.29) is 18.4 Å². The Labute approximate surface area is 146 Å². The Bertz CT molecular complexity index is 824. The number of hydrogen-bond acceptors (Lipinski definition) is 4. The van der Waals surface area contributed by atoms with Crippen LogP contribution in [-0.4, -0.2) is 48.8 Å². The molecule has 0 aliphatic carbocycles. The molecule has 0 bridgehead atoms. The lowest BCUT2D eigenvalue weighted by Gasteiger charge is -2.23. The highest BCUT2D eigenvalue weighted by atomic mass is 32.2. The van der Waals surface area contributed by atoms with Gasteiger partial charge in [0, 0.05) is 38.0 Å². The highest BCUT2D eigenvalue weighted by Gasteiger charge is 2.33. The van der Waals surface area contributed by atoms with Gasteiger partial charge in [-0.05, 0) is 31.0 Å². The van der Waals surface area contributed by atoms with Crippen LogP contribution in [0, 0.1) is 5.82 Å². The van der Waals surface area contributed by atoms with Gasteiger partial charge in [0.2, 0.25) is 0 Å². The Morgan fingerprint density at radius 1 is 1.44 bits per heavy atom. The minimum Gasteiger partial charge on any atom is -0.383 e. The van der Waals surface area contributed by atoms with Crippen LogP contribution < -0.4 is 4.72 Å². The molecule has 1 N–H and O–H groups in total. The maximum Gasteiger partial charge on any atom is 0.280 e. The topological polar surface area (TPSA) is 76.5 Å². The first-order chi connectivity index (χ1) is 12.0. The summed E-state index contributed by atoms with van der Waals surface area (Å²) in [6, 6.07) is 5.91. The van der Waals surface area contributed by atoms with Gasteiger partial charge in [-0.1, -0.05) is 6.07 Å². The number of rotatable bonds is 7. The lowest BCUT2D eigenvalue weighted by Crippen LogP contribution is -2.44. The van der Waals surface area contributed by atoms with Crippen LogP contribution >= 0.6 is 0 Å². The number of halogens is 1. The third kappa shape index (κ3) is 4.24. The van der Waals surface area contributed by atoms with Gasteiger partial charge in [-0.2, -0.15) is 22.5 Å². The fourth-order valence-corrected chi connectivity index (χ4v) is 4.40. The molecule has 1 atom stereocenters. The van der Waals surface area contributed by atoms with Gasteiger partial charge in [-0.25, -0.2) is 9.07 Å². The molecule has 0 unspecified atom stereocenters. The number of benzene rings is 1. The zero-order chi connectivity index (χ0) is 17.9. The molecule has 0 spiro atoms. The van der Waals surface area contributed by atoms with Gasteiger partial charge in [0.15, 0.2) is 0 Å². The third-order valence-electron chi connectivity index (χ3n) is 4.16. The van der Waals surface area contributed by atoms with Gasteiger partial charge in [-0.15, -0.1) is 0 Å². The monoisotopic (exact) mass is 368 g/mol. The predicted octanol–water partition coefficient (Wildman–Crippen LogP) is 1.46. The van der Waals surface area contributed by atoms with Gasteiger partial charge in [-0.3, -0.25) is 0 Å². The van der Waals surface area contributed by atoms with Crippen molar-refractivity contribution in [1.29, 1.82) is 0 Å². The summed E-state index contributed by atoms with van der Waals surface area (Å²) in [5, 5.41) is 4.15. The lowest BCUT2D eigenvalue weighted by atomic mass is 10.2. The van der Waals surface area contributed by atoms with E-state index < -0.39 is 10.2 Å². The molecule has 1 saturated heterocycles. The highest BCUT2D eigenvalue weighted by Crippen LogP contribution is 2.20. The Morgan fingerprint density at radius 3 is 3.04 bits per heavy atom. The predicted molar refractivity (Wildman–Crippen MR) is 90.9 cm³/mol. The van der Waals surface area contributed by atoms with Crippen LogP contribution in [-0.2, 0) is 21.5 Å². The van der Waals surface area contributed by atoms with Crippen molar-refractivity contribution in [2.24, 2.45) is 0 Å². The molecule has 1 aliphatic rings. The van der Waals surface area contributed by atoms with E-state index in [0.29, 0.717) is 24.4 Å². The van der Waals surface area contributed by atoms with Gasteiger partial charge < -0.3 is 4.74 Å². The van der Waals surface area contributed by atoms with Crippen molar-refractivity contribution in [3.8, 4) is 5.69 Å². The maximum atomic E-state index is 13.3. The summed E-state index contributed by atoms with van der Waals surface area (Å²) in [7, 11) is -2.02. The summed E-state index contributed by atoms with van der Waals surface area (Å²) in [6.07, 6.45) is 4.86. The summed E-state index contributed by atoms with van der Waals surface area (Å²) in [6.45, 7) is 0.998. The molecule has 25 heavy (non-hydrogen) atoms. The molecule has 0 amide bonds. The van der Waals surface area contributed by atoms with Crippen LogP contribution in [0.3, 0.4) is 0 Å². The number of nitrogens with one attached hydrogen (secondary N) is 1. The fraction of sp³-hybridized carbons (Fsp3) is 0.438. The van der Waals surface area contributed by atoms with E-state index in [2.05, 4.69) is 9.82 Å². The summed E-state index contributed by atoms with van der Waals surface area (Å²) < 4.78 is 48.9. The SMILES string of the molecule is COC[C@H]1CCCN1S(=O)(=O)NCc1cnn(-c2cccc(F)c2)c1. The van der Waals surface area contributed by atoms with Crippen LogP contribution in [0.1, 0.15) is 18.4 Å². The Hall–Kier alpha value is -1.81. The van der Waals surface area contributed by atoms with Crippen molar-refractivity contribution in [2.75, 3.05) is 20.3 Å². The number of ether oxygens (including phenoxy) is 1. The zero-order valence-electron chi connectivity index (χ0n) is 13.9. The van der Waals surface area contributed by atoms with Crippen LogP contribution in [0.25, 0.3) is 5.69 Å². The second-order valence-electron chi connectivity index (χ2n) is 5.96. The standard InChI is InChI=1S/C16H21FN4O3S/c1-24-12-16-6-3-7-21(16)25(22,23)19-10-13-9-18-20(11-13)15-5-2-4-14(17)8-15/h2,4-5,8-9,11,16,19H,3,6-7,10,12H2,1H3/t16-/m1/s1. The van der Waals surface area contributed by atoms with Gasteiger partial charge in [0.1, 0.15) is 5.82 Å². The Balaban J connectivity index is 1.65. The van der Waals surface area contributed by atoms with E-state index in [4.69, 9.17) is 4.74 Å². The van der Waals surface area contributed by atoms with Crippen LogP contribution in [0.15, 0.2) is 36.7 Å². The van der Waals surface area contributed by atoms with Crippen LogP contribution in [0.5, 0.6) is 0 Å². The molecule has 136 valence electrons. The van der Waals surface area contributed by atoms with E-state index in [1.807, 2.05) is 0 Å². The van der Waals surface area contributed by atoms with Crippen LogP contribution in [0.2, 0.25) is 0 Å². The molecule has 2 heterocycles. The number of methoxy groups -OCH3 is 1. The van der Waals surface area contributed by atoms with E-state index in [9.17, 15) is 12.8 Å². The van der Waals surface area contributed by atoms with E-state index in [0.717, 1.165) is 12.8 Å². The van der Waals surface area contributed by atoms with E-state index >= 15 is 0 Å². The highest BCUT2D eigenvalue weighted by molar-refractivity contribution is 7.87. The van der Waals surface area contributed by atoms with Crippen molar-refractivity contribution < 1.29 is 17.5 Å². The molecular formula is C16H21FN4O3S. The number of hydrogen-bond donors (Lipinski definition) is 1. The van der Waals surface area contributed by atoms with Gasteiger partial charge in [0.25, 0.3) is 10.2 Å². The minimum absolute atomic E-state index is 0.119. The molecular weight excluding hydrogens is 347 g/mol. The maximum absolute atomic E-state index is 13.3. The molecule has 0 saturated carbocycles. The van der Waals surface area contributed by atoms with E-state index in [1.165, 1.54) is 21.1 Å². The summed E-state index contributed by atoms with van der Waals surface area (Å²) in [5.74, 6) is -0.353. The van der Waals surface area contributed by atoms with Crippen molar-refractivity contribution in [1.82, 2.24) is 18.8 Å². The zero-order valence-corrected chi connectivity index (χ0v) is 14.7. The largest absolute Gasteiger partial charge is 0.383 e. The molecule has 1 aromatic carbocycles. The molecule has 9 heteroatoms. The fourth-order valence-electron chi connectivity index (χ4n) is 2.95. The number of aromatic nitrogens is 2. The number of nitrogens with zero attached hydrogens (tertiary/aromatic N) is 3. The first-order valence-electron chi connectivity index (χ1n) is 8.04. The molecule has 3 rings (SSSR count). The van der Waals surface area contributed by atoms with Crippen molar-refractivity contribution in [2.45, 2.75) is 25.4 Å². The molecule has 0 radical (unpaired) electrons. The van der Waals surface area contributed by atoms with Crippen molar-refractivity contribution in [3.63, 3.8) is 0 Å².